The lowest BCUT2D eigenvalue weighted by molar-refractivity contribution is -0.148. The smallest absolute Gasteiger partial charge is 0.331 e. The van der Waals surface area contributed by atoms with Crippen molar-refractivity contribution in [3.8, 4) is 0 Å². The number of esters is 1. The molecule has 3 rings (SSSR count). The van der Waals surface area contributed by atoms with Gasteiger partial charge in [-0.1, -0.05) is 25.7 Å². The number of nitrogens with one attached hydrogen (secondary N) is 1. The number of carbonyl (C=O) groups excluding carboxylic acids is 2. The van der Waals surface area contributed by atoms with E-state index in [0.29, 0.717) is 12.8 Å². The first kappa shape index (κ1) is 15.5. The number of fused-ring (bicyclic) bond motifs is 1. The van der Waals surface area contributed by atoms with E-state index in [-0.39, 0.29) is 11.9 Å². The van der Waals surface area contributed by atoms with Crippen molar-refractivity contribution in [2.75, 3.05) is 7.11 Å². The number of thiophene rings is 1. The summed E-state index contributed by atoms with van der Waals surface area (Å²) in [6, 6.07) is 2.00. The van der Waals surface area contributed by atoms with E-state index in [4.69, 9.17) is 4.74 Å². The molecule has 120 valence electrons. The molecule has 2 aliphatic carbocycles. The van der Waals surface area contributed by atoms with Crippen molar-refractivity contribution in [3.05, 3.63) is 21.4 Å². The van der Waals surface area contributed by atoms with Crippen LogP contribution in [0.5, 0.6) is 0 Å². The normalized spacial score (nSPS) is 20.0. The summed E-state index contributed by atoms with van der Waals surface area (Å²) in [5.41, 5.74) is 0.472. The van der Waals surface area contributed by atoms with Crippen LogP contribution in [0.25, 0.3) is 0 Å². The zero-order valence-electron chi connectivity index (χ0n) is 13.1. The number of methoxy groups -OCH3 is 1. The number of amides is 1. The van der Waals surface area contributed by atoms with Gasteiger partial charge in [0.2, 0.25) is 0 Å². The maximum Gasteiger partial charge on any atom is 0.331 e. The summed E-state index contributed by atoms with van der Waals surface area (Å²) in [5.74, 6) is -0.418. The predicted octanol–water partition coefficient (Wildman–Crippen LogP) is 3.23. The largest absolute Gasteiger partial charge is 0.467 e. The second-order valence-corrected chi connectivity index (χ2v) is 7.49. The quantitative estimate of drug-likeness (QED) is 0.687. The van der Waals surface area contributed by atoms with Crippen molar-refractivity contribution in [2.24, 2.45) is 0 Å². The predicted molar refractivity (Wildman–Crippen MR) is 86.3 cm³/mol. The summed E-state index contributed by atoms with van der Waals surface area (Å²) in [7, 11) is 1.40. The molecule has 0 saturated heterocycles. The van der Waals surface area contributed by atoms with E-state index in [9.17, 15) is 9.59 Å². The van der Waals surface area contributed by atoms with Crippen LogP contribution in [-0.2, 0) is 22.4 Å². The molecule has 0 spiro atoms. The first-order valence-electron chi connectivity index (χ1n) is 8.17. The minimum atomic E-state index is -0.837. The van der Waals surface area contributed by atoms with Crippen LogP contribution >= 0.6 is 11.3 Å². The lowest BCUT2D eigenvalue weighted by atomic mass is 9.90. The Kier molecular flexibility index (Phi) is 4.52. The van der Waals surface area contributed by atoms with Crippen LogP contribution < -0.4 is 5.32 Å². The van der Waals surface area contributed by atoms with Gasteiger partial charge in [0.1, 0.15) is 5.54 Å². The van der Waals surface area contributed by atoms with Gasteiger partial charge in [0.15, 0.2) is 0 Å². The summed E-state index contributed by atoms with van der Waals surface area (Å²) < 4.78 is 5.00. The van der Waals surface area contributed by atoms with E-state index < -0.39 is 5.54 Å². The van der Waals surface area contributed by atoms with Crippen LogP contribution in [0.4, 0.5) is 0 Å². The third-order valence-electron chi connectivity index (χ3n) is 4.86. The zero-order valence-corrected chi connectivity index (χ0v) is 13.9. The molecule has 0 atom stereocenters. The molecule has 2 aliphatic rings. The minimum absolute atomic E-state index is 0.119. The molecule has 0 bridgehead atoms. The Labute approximate surface area is 135 Å². The van der Waals surface area contributed by atoms with Crippen LogP contribution in [0, 0.1) is 0 Å². The molecule has 0 unspecified atom stereocenters. The molecule has 0 radical (unpaired) electrons. The van der Waals surface area contributed by atoms with Crippen molar-refractivity contribution in [2.45, 2.75) is 63.3 Å². The van der Waals surface area contributed by atoms with Gasteiger partial charge in [-0.3, -0.25) is 4.79 Å². The van der Waals surface area contributed by atoms with E-state index in [2.05, 4.69) is 5.32 Å². The number of carbonyl (C=O) groups is 2. The number of rotatable bonds is 3. The van der Waals surface area contributed by atoms with E-state index in [1.165, 1.54) is 24.0 Å². The highest BCUT2D eigenvalue weighted by atomic mass is 32.1. The fourth-order valence-electron chi connectivity index (χ4n) is 3.63. The van der Waals surface area contributed by atoms with Crippen molar-refractivity contribution in [1.29, 1.82) is 0 Å². The van der Waals surface area contributed by atoms with Gasteiger partial charge in [-0.15, -0.1) is 11.3 Å². The molecule has 5 heteroatoms. The Hall–Kier alpha value is -1.36. The van der Waals surface area contributed by atoms with Crippen LogP contribution in [0.15, 0.2) is 6.07 Å². The summed E-state index contributed by atoms with van der Waals surface area (Å²) >= 11 is 1.58. The molecule has 0 aliphatic heterocycles. The second kappa shape index (κ2) is 6.41. The molecule has 1 saturated carbocycles. The first-order chi connectivity index (χ1) is 10.6. The molecular weight excluding hydrogens is 298 g/mol. The zero-order chi connectivity index (χ0) is 15.6. The first-order valence-corrected chi connectivity index (χ1v) is 8.99. The van der Waals surface area contributed by atoms with Gasteiger partial charge in [0.05, 0.1) is 12.0 Å². The highest BCUT2D eigenvalue weighted by Crippen LogP contribution is 2.32. The molecule has 1 amide bonds. The summed E-state index contributed by atoms with van der Waals surface area (Å²) in [6.07, 6.45) is 8.83. The molecular formula is C17H23NO3S. The van der Waals surface area contributed by atoms with E-state index >= 15 is 0 Å². The standard InChI is InChI=1S/C17H23NO3S/c1-21-16(20)17(9-4-2-3-5-10-17)18-15(19)14-11-12-7-6-8-13(12)22-14/h11H,2-10H2,1H3,(H,18,19). The van der Waals surface area contributed by atoms with Crippen LogP contribution in [-0.4, -0.2) is 24.5 Å². The van der Waals surface area contributed by atoms with Crippen LogP contribution in [0.2, 0.25) is 0 Å². The minimum Gasteiger partial charge on any atom is -0.467 e. The van der Waals surface area contributed by atoms with Crippen molar-refractivity contribution in [1.82, 2.24) is 5.32 Å². The van der Waals surface area contributed by atoms with E-state index in [1.807, 2.05) is 6.07 Å². The Morgan fingerprint density at radius 3 is 2.50 bits per heavy atom. The third kappa shape index (κ3) is 2.91. The number of hydrogen-bond donors (Lipinski definition) is 1. The summed E-state index contributed by atoms with van der Waals surface area (Å²) in [6.45, 7) is 0. The molecule has 4 nitrogen and oxygen atoms in total. The fraction of sp³-hybridized carbons (Fsp3) is 0.647. The van der Waals surface area contributed by atoms with Gasteiger partial charge in [-0.05, 0) is 43.7 Å². The van der Waals surface area contributed by atoms with Gasteiger partial charge in [0.25, 0.3) is 5.91 Å². The molecule has 1 aromatic heterocycles. The van der Waals surface area contributed by atoms with E-state index in [1.54, 1.807) is 11.3 Å². The average molecular weight is 321 g/mol. The second-order valence-electron chi connectivity index (χ2n) is 6.35. The number of aryl methyl sites for hydroxylation is 2. The molecule has 1 aromatic rings. The highest BCUT2D eigenvalue weighted by molar-refractivity contribution is 7.14. The Balaban J connectivity index is 1.79. The van der Waals surface area contributed by atoms with Crippen molar-refractivity contribution < 1.29 is 14.3 Å². The third-order valence-corrected chi connectivity index (χ3v) is 6.09. The Morgan fingerprint density at radius 1 is 1.14 bits per heavy atom. The summed E-state index contributed by atoms with van der Waals surface area (Å²) in [5, 5.41) is 3.03. The van der Waals surface area contributed by atoms with Crippen LogP contribution in [0.1, 0.15) is 65.1 Å². The molecule has 1 heterocycles. The lowest BCUT2D eigenvalue weighted by Crippen LogP contribution is -2.54. The molecule has 1 N–H and O–H groups in total. The van der Waals surface area contributed by atoms with E-state index in [0.717, 1.165) is 43.4 Å². The molecule has 1 fully saturated rings. The highest BCUT2D eigenvalue weighted by Gasteiger charge is 2.41. The SMILES string of the molecule is COC(=O)C1(NC(=O)c2cc3c(s2)CCC3)CCCCCC1. The lowest BCUT2D eigenvalue weighted by Gasteiger charge is -2.30. The Morgan fingerprint density at radius 2 is 1.86 bits per heavy atom. The van der Waals surface area contributed by atoms with Gasteiger partial charge in [0, 0.05) is 4.88 Å². The van der Waals surface area contributed by atoms with Crippen LogP contribution in [0.3, 0.4) is 0 Å². The maximum atomic E-state index is 12.6. The number of ether oxygens (including phenoxy) is 1. The topological polar surface area (TPSA) is 55.4 Å². The number of hydrogen-bond acceptors (Lipinski definition) is 4. The Bertz CT molecular complexity index is 549. The fourth-order valence-corrected chi connectivity index (χ4v) is 4.78. The van der Waals surface area contributed by atoms with Crippen molar-refractivity contribution in [3.63, 3.8) is 0 Å². The molecule has 22 heavy (non-hydrogen) atoms. The molecule has 0 aromatic carbocycles. The van der Waals surface area contributed by atoms with Gasteiger partial charge >= 0.3 is 5.97 Å². The van der Waals surface area contributed by atoms with Gasteiger partial charge in [-0.2, -0.15) is 0 Å². The van der Waals surface area contributed by atoms with Gasteiger partial charge in [-0.25, -0.2) is 4.79 Å². The monoisotopic (exact) mass is 321 g/mol. The van der Waals surface area contributed by atoms with Gasteiger partial charge < -0.3 is 10.1 Å². The maximum absolute atomic E-state index is 12.6. The summed E-state index contributed by atoms with van der Waals surface area (Å²) in [4.78, 5) is 27.0. The van der Waals surface area contributed by atoms with Crippen molar-refractivity contribution >= 4 is 23.2 Å². The average Bonchev–Trinajstić information content (AvgIpc) is 3.03.